The Kier molecular flexibility index (Phi) is 4.39. The first-order valence-corrected chi connectivity index (χ1v) is 7.59. The summed E-state index contributed by atoms with van der Waals surface area (Å²) in [6, 6.07) is 13.9. The number of thioether (sulfide) groups is 1. The highest BCUT2D eigenvalue weighted by Gasteiger charge is 2.13. The van der Waals surface area contributed by atoms with E-state index in [9.17, 15) is 4.39 Å². The summed E-state index contributed by atoms with van der Waals surface area (Å²) in [5.74, 6) is 1.39. The van der Waals surface area contributed by atoms with Gasteiger partial charge < -0.3 is 9.15 Å². The smallest absolute Gasteiger partial charge is 0.277 e. The molecule has 0 aliphatic rings. The van der Waals surface area contributed by atoms with Crippen molar-refractivity contribution >= 4 is 11.8 Å². The Labute approximate surface area is 131 Å². The van der Waals surface area contributed by atoms with E-state index >= 15 is 0 Å². The van der Waals surface area contributed by atoms with E-state index in [4.69, 9.17) is 9.15 Å². The lowest BCUT2D eigenvalue weighted by atomic mass is 10.2. The highest BCUT2D eigenvalue weighted by molar-refractivity contribution is 7.98. The molecule has 0 saturated carbocycles. The Balaban J connectivity index is 1.74. The van der Waals surface area contributed by atoms with Crippen LogP contribution >= 0.6 is 11.8 Å². The van der Waals surface area contributed by atoms with Crippen LogP contribution in [-0.4, -0.2) is 17.3 Å². The van der Waals surface area contributed by atoms with Crippen LogP contribution in [0.15, 0.2) is 58.2 Å². The second-order valence-electron chi connectivity index (χ2n) is 4.49. The molecule has 0 atom stereocenters. The first kappa shape index (κ1) is 14.6. The summed E-state index contributed by atoms with van der Waals surface area (Å²) in [7, 11) is 1.59. The Hall–Kier alpha value is -2.34. The fraction of sp³-hybridized carbons (Fsp3) is 0.125. The minimum atomic E-state index is -0.252. The van der Waals surface area contributed by atoms with E-state index in [0.29, 0.717) is 22.6 Å². The molecule has 22 heavy (non-hydrogen) atoms. The van der Waals surface area contributed by atoms with Gasteiger partial charge in [0.05, 0.1) is 12.7 Å². The van der Waals surface area contributed by atoms with Gasteiger partial charge in [-0.25, -0.2) is 4.39 Å². The summed E-state index contributed by atoms with van der Waals surface area (Å²) in [4.78, 5) is 0. The number of ether oxygens (including phenoxy) is 1. The number of benzene rings is 2. The third-order valence-corrected chi connectivity index (χ3v) is 3.88. The molecular weight excluding hydrogens is 303 g/mol. The van der Waals surface area contributed by atoms with Crippen LogP contribution in [0.5, 0.6) is 5.75 Å². The third-order valence-electron chi connectivity index (χ3n) is 3.00. The van der Waals surface area contributed by atoms with Gasteiger partial charge in [0.25, 0.3) is 11.1 Å². The van der Waals surface area contributed by atoms with Gasteiger partial charge >= 0.3 is 0 Å². The van der Waals surface area contributed by atoms with Crippen LogP contribution in [-0.2, 0) is 5.75 Å². The van der Waals surface area contributed by atoms with Crippen LogP contribution < -0.4 is 4.74 Å². The molecule has 0 spiro atoms. The molecule has 1 aromatic heterocycles. The second kappa shape index (κ2) is 6.62. The van der Waals surface area contributed by atoms with Gasteiger partial charge in [0, 0.05) is 5.75 Å². The van der Waals surface area contributed by atoms with Crippen molar-refractivity contribution in [3.63, 3.8) is 0 Å². The molecule has 3 rings (SSSR count). The minimum Gasteiger partial charge on any atom is -0.496 e. The van der Waals surface area contributed by atoms with Crippen LogP contribution in [0.25, 0.3) is 11.5 Å². The van der Waals surface area contributed by atoms with E-state index in [1.165, 1.54) is 23.9 Å². The van der Waals surface area contributed by atoms with Crippen LogP contribution in [0, 0.1) is 5.82 Å². The normalized spacial score (nSPS) is 10.6. The monoisotopic (exact) mass is 316 g/mol. The molecule has 0 N–H and O–H groups in total. The molecule has 0 amide bonds. The highest BCUT2D eigenvalue weighted by atomic mass is 32.2. The van der Waals surface area contributed by atoms with E-state index in [0.717, 1.165) is 11.1 Å². The molecule has 0 bridgehead atoms. The van der Waals surface area contributed by atoms with Crippen LogP contribution in [0.3, 0.4) is 0 Å². The number of halogens is 1. The summed E-state index contributed by atoms with van der Waals surface area (Å²) in [5.41, 5.74) is 1.61. The number of rotatable bonds is 5. The molecule has 0 saturated heterocycles. The predicted molar refractivity (Wildman–Crippen MR) is 82.2 cm³/mol. The van der Waals surface area contributed by atoms with Crippen molar-refractivity contribution in [2.75, 3.05) is 7.11 Å². The number of hydrogen-bond acceptors (Lipinski definition) is 5. The molecule has 4 nitrogen and oxygen atoms in total. The zero-order valence-corrected chi connectivity index (χ0v) is 12.6. The van der Waals surface area contributed by atoms with Gasteiger partial charge in [-0.2, -0.15) is 0 Å². The molecule has 0 aliphatic carbocycles. The molecule has 1 heterocycles. The number of para-hydroxylation sites is 1. The number of methoxy groups -OCH3 is 1. The SMILES string of the molecule is COc1ccccc1-c1nnc(SCc2cccc(F)c2)o1. The third kappa shape index (κ3) is 3.28. The summed E-state index contributed by atoms with van der Waals surface area (Å²) < 4.78 is 24.0. The van der Waals surface area contributed by atoms with Crippen molar-refractivity contribution < 1.29 is 13.5 Å². The van der Waals surface area contributed by atoms with Crippen molar-refractivity contribution in [3.05, 3.63) is 59.9 Å². The minimum absolute atomic E-state index is 0.252. The van der Waals surface area contributed by atoms with Crippen LogP contribution in [0.1, 0.15) is 5.56 Å². The maximum atomic E-state index is 13.1. The summed E-state index contributed by atoms with van der Waals surface area (Å²) in [6.45, 7) is 0. The van der Waals surface area contributed by atoms with Crippen molar-refractivity contribution in [2.45, 2.75) is 11.0 Å². The highest BCUT2D eigenvalue weighted by Crippen LogP contribution is 2.31. The molecule has 0 radical (unpaired) electrons. The van der Waals surface area contributed by atoms with E-state index in [1.807, 2.05) is 30.3 Å². The van der Waals surface area contributed by atoms with Gasteiger partial charge in [-0.1, -0.05) is 36.0 Å². The van der Waals surface area contributed by atoms with E-state index < -0.39 is 0 Å². The number of hydrogen-bond donors (Lipinski definition) is 0. The summed E-state index contributed by atoms with van der Waals surface area (Å²) >= 11 is 1.36. The Morgan fingerprint density at radius 2 is 2.00 bits per heavy atom. The molecule has 2 aromatic carbocycles. The summed E-state index contributed by atoms with van der Waals surface area (Å²) in [5, 5.41) is 8.47. The van der Waals surface area contributed by atoms with Crippen molar-refractivity contribution in [1.82, 2.24) is 10.2 Å². The molecule has 0 aliphatic heterocycles. The first-order valence-electron chi connectivity index (χ1n) is 6.60. The number of nitrogens with zero attached hydrogens (tertiary/aromatic N) is 2. The second-order valence-corrected chi connectivity index (χ2v) is 5.42. The van der Waals surface area contributed by atoms with E-state index in [1.54, 1.807) is 13.2 Å². The fourth-order valence-electron chi connectivity index (χ4n) is 1.97. The van der Waals surface area contributed by atoms with Gasteiger partial charge in [0.2, 0.25) is 0 Å². The lowest BCUT2D eigenvalue weighted by molar-refractivity contribution is 0.411. The molecule has 112 valence electrons. The molecule has 0 unspecified atom stereocenters. The molecular formula is C16H13FN2O2S. The van der Waals surface area contributed by atoms with Crippen molar-refractivity contribution in [3.8, 4) is 17.2 Å². The number of aromatic nitrogens is 2. The lowest BCUT2D eigenvalue weighted by Crippen LogP contribution is -1.87. The van der Waals surface area contributed by atoms with Crippen LogP contribution in [0.2, 0.25) is 0 Å². The average molecular weight is 316 g/mol. The summed E-state index contributed by atoms with van der Waals surface area (Å²) in [6.07, 6.45) is 0. The standard InChI is InChI=1S/C16H13FN2O2S/c1-20-14-8-3-2-7-13(14)15-18-19-16(21-15)22-10-11-5-4-6-12(17)9-11/h2-9H,10H2,1H3. The zero-order valence-electron chi connectivity index (χ0n) is 11.8. The Morgan fingerprint density at radius 3 is 2.82 bits per heavy atom. The largest absolute Gasteiger partial charge is 0.496 e. The Bertz CT molecular complexity index is 776. The molecule has 3 aromatic rings. The molecule has 6 heteroatoms. The zero-order chi connectivity index (χ0) is 15.4. The maximum Gasteiger partial charge on any atom is 0.277 e. The van der Waals surface area contributed by atoms with E-state index in [2.05, 4.69) is 10.2 Å². The molecule has 0 fully saturated rings. The Morgan fingerprint density at radius 1 is 1.14 bits per heavy atom. The van der Waals surface area contributed by atoms with Crippen molar-refractivity contribution in [2.24, 2.45) is 0 Å². The van der Waals surface area contributed by atoms with Crippen LogP contribution in [0.4, 0.5) is 4.39 Å². The van der Waals surface area contributed by atoms with Gasteiger partial charge in [-0.05, 0) is 29.8 Å². The van der Waals surface area contributed by atoms with Crippen molar-refractivity contribution in [1.29, 1.82) is 0 Å². The fourth-order valence-corrected chi connectivity index (χ4v) is 2.68. The average Bonchev–Trinajstić information content (AvgIpc) is 3.02. The quantitative estimate of drug-likeness (QED) is 0.661. The van der Waals surface area contributed by atoms with E-state index in [-0.39, 0.29) is 5.82 Å². The maximum absolute atomic E-state index is 13.1. The predicted octanol–water partition coefficient (Wildman–Crippen LogP) is 4.18. The van der Waals surface area contributed by atoms with Gasteiger partial charge in [0.15, 0.2) is 0 Å². The van der Waals surface area contributed by atoms with Gasteiger partial charge in [-0.15, -0.1) is 10.2 Å². The lowest BCUT2D eigenvalue weighted by Gasteiger charge is -2.03. The first-order chi connectivity index (χ1) is 10.8. The van der Waals surface area contributed by atoms with Gasteiger partial charge in [0.1, 0.15) is 11.6 Å². The topological polar surface area (TPSA) is 48.2 Å². The van der Waals surface area contributed by atoms with Gasteiger partial charge in [-0.3, -0.25) is 0 Å².